The predicted octanol–water partition coefficient (Wildman–Crippen LogP) is 4.97. The number of fused-ring (bicyclic) bond motifs is 1. The summed E-state index contributed by atoms with van der Waals surface area (Å²) in [7, 11) is 0. The fourth-order valence-corrected chi connectivity index (χ4v) is 3.65. The summed E-state index contributed by atoms with van der Waals surface area (Å²) < 4.78 is 2.00. The second-order valence-electron chi connectivity index (χ2n) is 5.91. The van der Waals surface area contributed by atoms with Gasteiger partial charge in [-0.15, -0.1) is 23.7 Å². The number of halogens is 1. The molecule has 132 valence electrons. The Hall–Kier alpha value is -2.63. The third-order valence-electron chi connectivity index (χ3n) is 4.11. The van der Waals surface area contributed by atoms with Crippen LogP contribution in [0.15, 0.2) is 66.2 Å². The lowest BCUT2D eigenvalue weighted by Gasteiger charge is -2.07. The minimum absolute atomic E-state index is 0. The number of para-hydroxylation sites is 1. The smallest absolute Gasteiger partial charge is 0.230 e. The van der Waals surface area contributed by atoms with Crippen molar-refractivity contribution < 1.29 is 4.79 Å². The van der Waals surface area contributed by atoms with E-state index >= 15 is 0 Å². The molecule has 0 spiro atoms. The number of aryl methyl sites for hydroxylation is 1. The van der Waals surface area contributed by atoms with Crippen LogP contribution in [0, 0.1) is 6.92 Å². The van der Waals surface area contributed by atoms with Gasteiger partial charge in [0.25, 0.3) is 0 Å². The van der Waals surface area contributed by atoms with Crippen molar-refractivity contribution in [2.75, 3.05) is 5.32 Å². The molecule has 2 heterocycles. The highest BCUT2D eigenvalue weighted by molar-refractivity contribution is 7.15. The molecular weight excluding hydrogens is 366 g/mol. The second kappa shape index (κ2) is 7.72. The first-order valence-corrected chi connectivity index (χ1v) is 8.95. The Balaban J connectivity index is 0.00000196. The van der Waals surface area contributed by atoms with Crippen molar-refractivity contribution in [1.82, 2.24) is 9.38 Å². The average Bonchev–Trinajstić information content (AvgIpc) is 3.20. The fourth-order valence-electron chi connectivity index (χ4n) is 2.78. The van der Waals surface area contributed by atoms with E-state index in [1.54, 1.807) is 11.3 Å². The Morgan fingerprint density at radius 3 is 2.62 bits per heavy atom. The number of amides is 1. The predicted molar refractivity (Wildman–Crippen MR) is 109 cm³/mol. The normalized spacial score (nSPS) is 10.5. The van der Waals surface area contributed by atoms with Crippen molar-refractivity contribution in [2.45, 2.75) is 13.3 Å². The third-order valence-corrected chi connectivity index (χ3v) is 5.00. The number of hydrogen-bond acceptors (Lipinski definition) is 3. The molecule has 0 fully saturated rings. The number of hydrogen-bond donors (Lipinski definition) is 1. The highest BCUT2D eigenvalue weighted by Gasteiger charge is 2.13. The topological polar surface area (TPSA) is 46.4 Å². The Labute approximate surface area is 161 Å². The van der Waals surface area contributed by atoms with Gasteiger partial charge in [0.1, 0.15) is 0 Å². The first kappa shape index (κ1) is 18.2. The molecule has 1 amide bonds. The van der Waals surface area contributed by atoms with Crippen LogP contribution in [0.4, 0.5) is 5.69 Å². The van der Waals surface area contributed by atoms with Crippen LogP contribution in [0.2, 0.25) is 0 Å². The van der Waals surface area contributed by atoms with E-state index in [2.05, 4.69) is 10.3 Å². The van der Waals surface area contributed by atoms with E-state index in [1.165, 1.54) is 0 Å². The number of imidazole rings is 1. The molecule has 4 nitrogen and oxygen atoms in total. The van der Waals surface area contributed by atoms with Crippen LogP contribution in [0.25, 0.3) is 16.2 Å². The molecule has 1 N–H and O–H groups in total. The van der Waals surface area contributed by atoms with Crippen molar-refractivity contribution in [3.8, 4) is 11.3 Å². The number of nitrogens with zero attached hydrogens (tertiary/aromatic N) is 2. The summed E-state index contributed by atoms with van der Waals surface area (Å²) in [5, 5.41) is 4.98. The molecule has 6 heteroatoms. The van der Waals surface area contributed by atoms with Gasteiger partial charge in [-0.2, -0.15) is 0 Å². The average molecular weight is 384 g/mol. The Bertz CT molecular complexity index is 1040. The zero-order chi connectivity index (χ0) is 17.2. The molecule has 0 aliphatic rings. The van der Waals surface area contributed by atoms with Crippen molar-refractivity contribution in [3.05, 3.63) is 77.4 Å². The van der Waals surface area contributed by atoms with Crippen molar-refractivity contribution in [1.29, 1.82) is 0 Å². The van der Waals surface area contributed by atoms with Gasteiger partial charge >= 0.3 is 0 Å². The minimum atomic E-state index is -0.0241. The molecule has 0 saturated carbocycles. The summed E-state index contributed by atoms with van der Waals surface area (Å²) in [6.07, 6.45) is 2.32. The van der Waals surface area contributed by atoms with Crippen LogP contribution in [0.5, 0.6) is 0 Å². The second-order valence-corrected chi connectivity index (χ2v) is 6.75. The number of rotatable bonds is 4. The van der Waals surface area contributed by atoms with Gasteiger partial charge in [0.15, 0.2) is 4.96 Å². The number of carbonyl (C=O) groups excluding carboxylic acids is 1. The molecule has 2 aromatic carbocycles. The van der Waals surface area contributed by atoms with Gasteiger partial charge in [-0.3, -0.25) is 9.20 Å². The van der Waals surface area contributed by atoms with Gasteiger partial charge < -0.3 is 5.32 Å². The summed E-state index contributed by atoms with van der Waals surface area (Å²) >= 11 is 1.55. The molecule has 0 saturated heterocycles. The van der Waals surface area contributed by atoms with Gasteiger partial charge in [0.05, 0.1) is 12.1 Å². The first-order valence-electron chi connectivity index (χ1n) is 8.07. The van der Waals surface area contributed by atoms with Crippen LogP contribution >= 0.6 is 23.7 Å². The number of anilines is 1. The highest BCUT2D eigenvalue weighted by atomic mass is 35.5. The summed E-state index contributed by atoms with van der Waals surface area (Å²) in [6.45, 7) is 1.99. The van der Waals surface area contributed by atoms with E-state index in [0.717, 1.165) is 33.2 Å². The third kappa shape index (κ3) is 3.64. The van der Waals surface area contributed by atoms with Gasteiger partial charge in [-0.05, 0) is 18.6 Å². The molecular formula is C20H18ClN3OS. The maximum atomic E-state index is 12.4. The first-order chi connectivity index (χ1) is 12.2. The van der Waals surface area contributed by atoms with E-state index in [-0.39, 0.29) is 18.3 Å². The van der Waals surface area contributed by atoms with Crippen LogP contribution in [-0.2, 0) is 11.2 Å². The number of benzene rings is 2. The van der Waals surface area contributed by atoms with Crippen LogP contribution < -0.4 is 5.32 Å². The molecule has 0 unspecified atom stereocenters. The molecule has 0 atom stereocenters. The van der Waals surface area contributed by atoms with E-state index in [9.17, 15) is 4.79 Å². The maximum absolute atomic E-state index is 12.4. The number of carbonyl (C=O) groups is 1. The standard InChI is InChI=1S/C20H17N3OS.ClH/c1-14-7-5-6-10-17(14)21-19(24)11-16-13-25-20-22-18(12-23(16)20)15-8-3-2-4-9-15;/h2-10,12-13H,11H2,1H3,(H,21,24);1H. The Morgan fingerprint density at radius 2 is 1.85 bits per heavy atom. The molecule has 0 aliphatic heterocycles. The van der Waals surface area contributed by atoms with Crippen LogP contribution in [0.1, 0.15) is 11.3 Å². The van der Waals surface area contributed by atoms with Gasteiger partial charge in [0, 0.05) is 28.5 Å². The molecule has 0 aliphatic carbocycles. The van der Waals surface area contributed by atoms with E-state index in [1.807, 2.05) is 77.5 Å². The summed E-state index contributed by atoms with van der Waals surface area (Å²) in [6, 6.07) is 17.9. The van der Waals surface area contributed by atoms with Crippen LogP contribution in [0.3, 0.4) is 0 Å². The van der Waals surface area contributed by atoms with Crippen molar-refractivity contribution in [2.24, 2.45) is 0 Å². The van der Waals surface area contributed by atoms with Gasteiger partial charge in [-0.1, -0.05) is 48.5 Å². The molecule has 26 heavy (non-hydrogen) atoms. The van der Waals surface area contributed by atoms with Crippen molar-refractivity contribution in [3.63, 3.8) is 0 Å². The van der Waals surface area contributed by atoms with Gasteiger partial charge in [0.2, 0.25) is 5.91 Å². The number of aromatic nitrogens is 2. The largest absolute Gasteiger partial charge is 0.326 e. The zero-order valence-corrected chi connectivity index (χ0v) is 15.8. The molecule has 4 aromatic rings. The Morgan fingerprint density at radius 1 is 1.12 bits per heavy atom. The number of nitrogens with one attached hydrogen (secondary N) is 1. The quantitative estimate of drug-likeness (QED) is 0.540. The van der Waals surface area contributed by atoms with Crippen LogP contribution in [-0.4, -0.2) is 15.3 Å². The monoisotopic (exact) mass is 383 g/mol. The van der Waals surface area contributed by atoms with E-state index in [4.69, 9.17) is 0 Å². The minimum Gasteiger partial charge on any atom is -0.326 e. The lowest BCUT2D eigenvalue weighted by atomic mass is 10.2. The lowest BCUT2D eigenvalue weighted by molar-refractivity contribution is -0.115. The van der Waals surface area contributed by atoms with Crippen molar-refractivity contribution >= 4 is 40.3 Å². The molecule has 4 rings (SSSR count). The zero-order valence-electron chi connectivity index (χ0n) is 14.2. The fraction of sp³-hybridized carbons (Fsp3) is 0.100. The Kier molecular flexibility index (Phi) is 5.40. The molecule has 0 radical (unpaired) electrons. The number of thiazole rings is 1. The SMILES string of the molecule is Cc1ccccc1NC(=O)Cc1csc2nc(-c3ccccc3)cn12.Cl. The molecule has 0 bridgehead atoms. The van der Waals surface area contributed by atoms with E-state index < -0.39 is 0 Å². The molecule has 2 aromatic heterocycles. The lowest BCUT2D eigenvalue weighted by Crippen LogP contribution is -2.15. The van der Waals surface area contributed by atoms with E-state index in [0.29, 0.717) is 6.42 Å². The summed E-state index contributed by atoms with van der Waals surface area (Å²) in [4.78, 5) is 18.0. The summed E-state index contributed by atoms with van der Waals surface area (Å²) in [5.74, 6) is -0.0241. The highest BCUT2D eigenvalue weighted by Crippen LogP contribution is 2.24. The van der Waals surface area contributed by atoms with Gasteiger partial charge in [-0.25, -0.2) is 4.98 Å². The maximum Gasteiger partial charge on any atom is 0.230 e. The summed E-state index contributed by atoms with van der Waals surface area (Å²) in [5.41, 5.74) is 4.86.